The van der Waals surface area contributed by atoms with Crippen LogP contribution in [0.25, 0.3) is 10.9 Å². The molecule has 0 saturated heterocycles. The van der Waals surface area contributed by atoms with Crippen LogP contribution < -0.4 is 16.4 Å². The Morgan fingerprint density at radius 2 is 2.14 bits per heavy atom. The predicted octanol–water partition coefficient (Wildman–Crippen LogP) is 0.530. The Kier molecular flexibility index (Phi) is 6.26. The molecule has 5 rings (SSSR count). The molecular formula is C20H16N8O5S2. The van der Waals surface area contributed by atoms with E-state index in [4.69, 9.17) is 8.81 Å². The molecule has 1 amide bonds. The normalized spacial score (nSPS) is 16.0. The van der Waals surface area contributed by atoms with Crippen molar-refractivity contribution in [3.8, 4) is 0 Å². The van der Waals surface area contributed by atoms with Gasteiger partial charge in [0.2, 0.25) is 5.09 Å². The number of pyridine rings is 2. The summed E-state index contributed by atoms with van der Waals surface area (Å²) < 4.78 is 27.7. The predicted molar refractivity (Wildman–Crippen MR) is 128 cm³/mol. The minimum atomic E-state index is -1.61. The Balaban J connectivity index is 1.36. The first-order valence-electron chi connectivity index (χ1n) is 9.91. The van der Waals surface area contributed by atoms with Gasteiger partial charge in [0.15, 0.2) is 5.84 Å². The number of amides is 1. The molecule has 1 aliphatic heterocycles. The first kappa shape index (κ1) is 22.7. The van der Waals surface area contributed by atoms with Crippen molar-refractivity contribution < 1.29 is 17.8 Å². The average molecular weight is 513 g/mol. The largest absolute Gasteiger partial charge is 0.347 e. The van der Waals surface area contributed by atoms with Crippen LogP contribution in [0.1, 0.15) is 21.6 Å². The fourth-order valence-corrected chi connectivity index (χ4v) is 4.45. The third-order valence-corrected chi connectivity index (χ3v) is 6.52. The monoisotopic (exact) mass is 512 g/mol. The molecule has 15 heteroatoms. The first-order valence-corrected chi connectivity index (χ1v) is 12.5. The number of carbonyl (C=O) groups excluding carboxylic acids is 1. The summed E-state index contributed by atoms with van der Waals surface area (Å²) in [7, 11) is -2.42. The van der Waals surface area contributed by atoms with Gasteiger partial charge in [-0.05, 0) is 23.6 Å². The molecular weight excluding hydrogens is 496 g/mol. The molecule has 35 heavy (non-hydrogen) atoms. The maximum Gasteiger partial charge on any atom is 0.270 e. The molecule has 13 nitrogen and oxygen atoms in total. The van der Waals surface area contributed by atoms with E-state index in [9.17, 15) is 13.8 Å². The van der Waals surface area contributed by atoms with E-state index in [-0.39, 0.29) is 34.2 Å². The van der Waals surface area contributed by atoms with E-state index < -0.39 is 27.7 Å². The van der Waals surface area contributed by atoms with E-state index in [1.807, 2.05) is 6.07 Å². The molecule has 2 N–H and O–H groups in total. The fourth-order valence-electron chi connectivity index (χ4n) is 3.15. The van der Waals surface area contributed by atoms with E-state index in [1.165, 1.54) is 35.4 Å². The molecule has 4 aromatic rings. The summed E-state index contributed by atoms with van der Waals surface area (Å²) in [6.07, 6.45) is 7.35. The summed E-state index contributed by atoms with van der Waals surface area (Å²) in [5.74, 6) is 3.43. The number of aromatic nitrogens is 5. The van der Waals surface area contributed by atoms with Gasteiger partial charge in [0, 0.05) is 24.0 Å². The molecule has 5 heterocycles. The van der Waals surface area contributed by atoms with Gasteiger partial charge in [-0.1, -0.05) is 5.16 Å². The van der Waals surface area contributed by atoms with Crippen LogP contribution in [0, 0.1) is 0 Å². The van der Waals surface area contributed by atoms with Crippen molar-refractivity contribution in [1.29, 1.82) is 0 Å². The number of hydrogen-bond donors (Lipinski definition) is 2. The molecule has 0 bridgehead atoms. The minimum absolute atomic E-state index is 0.0127. The highest BCUT2D eigenvalue weighted by Crippen LogP contribution is 2.20. The SMILES string of the molecule is C=S1N=C(c2cncc(Cn3cnc4cnc(C(=O)NCS(=O)c5ccno5)cc4c3=O)c2)NO1. The Labute approximate surface area is 201 Å². The van der Waals surface area contributed by atoms with E-state index in [1.54, 1.807) is 12.4 Å². The Morgan fingerprint density at radius 1 is 1.26 bits per heavy atom. The Morgan fingerprint density at radius 3 is 2.91 bits per heavy atom. The number of hydrogen-bond acceptors (Lipinski definition) is 11. The van der Waals surface area contributed by atoms with Crippen molar-refractivity contribution in [2.75, 3.05) is 5.88 Å². The number of fused-ring (bicyclic) bond motifs is 1. The van der Waals surface area contributed by atoms with Gasteiger partial charge in [0.1, 0.15) is 22.4 Å². The maximum absolute atomic E-state index is 13.1. The van der Waals surface area contributed by atoms with Crippen molar-refractivity contribution in [3.63, 3.8) is 0 Å². The lowest BCUT2D eigenvalue weighted by atomic mass is 10.2. The van der Waals surface area contributed by atoms with Crippen LogP contribution in [0.4, 0.5) is 0 Å². The number of nitrogens with zero attached hydrogens (tertiary/aromatic N) is 6. The molecule has 0 aromatic carbocycles. The van der Waals surface area contributed by atoms with Crippen molar-refractivity contribution in [2.24, 2.45) is 4.40 Å². The third-order valence-electron chi connectivity index (χ3n) is 4.79. The van der Waals surface area contributed by atoms with Gasteiger partial charge in [-0.2, -0.15) is 8.68 Å². The lowest BCUT2D eigenvalue weighted by Gasteiger charge is -2.09. The highest BCUT2D eigenvalue weighted by atomic mass is 32.2. The zero-order valence-electron chi connectivity index (χ0n) is 17.8. The summed E-state index contributed by atoms with van der Waals surface area (Å²) >= 11 is 0. The minimum Gasteiger partial charge on any atom is -0.347 e. The topological polar surface area (TPSA) is 166 Å². The van der Waals surface area contributed by atoms with E-state index in [2.05, 4.69) is 41.2 Å². The maximum atomic E-state index is 13.1. The van der Waals surface area contributed by atoms with Crippen LogP contribution in [0.3, 0.4) is 0 Å². The van der Waals surface area contributed by atoms with Crippen LogP contribution in [0.15, 0.2) is 68.1 Å². The highest BCUT2D eigenvalue weighted by molar-refractivity contribution is 8.09. The quantitative estimate of drug-likeness (QED) is 0.333. The van der Waals surface area contributed by atoms with Gasteiger partial charge in [-0.25, -0.2) is 19.7 Å². The number of rotatable bonds is 7. The highest BCUT2D eigenvalue weighted by Gasteiger charge is 2.16. The second kappa shape index (κ2) is 9.65. The van der Waals surface area contributed by atoms with Crippen LogP contribution in [0.2, 0.25) is 0 Å². The van der Waals surface area contributed by atoms with E-state index >= 15 is 0 Å². The van der Waals surface area contributed by atoms with Gasteiger partial charge in [-0.15, -0.1) is 0 Å². The molecule has 0 aliphatic carbocycles. The molecule has 4 aromatic heterocycles. The number of carbonyl (C=O) groups is 1. The summed E-state index contributed by atoms with van der Waals surface area (Å²) in [5, 5.41) is 6.33. The van der Waals surface area contributed by atoms with Gasteiger partial charge in [0.25, 0.3) is 11.5 Å². The number of amidine groups is 1. The summed E-state index contributed by atoms with van der Waals surface area (Å²) in [5.41, 5.74) is 4.08. The summed E-state index contributed by atoms with van der Waals surface area (Å²) in [6, 6.07) is 4.62. The van der Waals surface area contributed by atoms with Crippen molar-refractivity contribution in [2.45, 2.75) is 11.6 Å². The molecule has 0 fully saturated rings. The van der Waals surface area contributed by atoms with E-state index in [0.717, 1.165) is 5.56 Å². The molecule has 0 radical (unpaired) electrons. The Hall–Kier alpha value is -4.08. The van der Waals surface area contributed by atoms with Crippen molar-refractivity contribution >= 4 is 50.3 Å². The first-order chi connectivity index (χ1) is 17.0. The smallest absolute Gasteiger partial charge is 0.270 e. The summed E-state index contributed by atoms with van der Waals surface area (Å²) in [4.78, 5) is 38.2. The van der Waals surface area contributed by atoms with Crippen LogP contribution in [0.5, 0.6) is 0 Å². The van der Waals surface area contributed by atoms with Crippen LogP contribution >= 0.6 is 11.0 Å². The van der Waals surface area contributed by atoms with E-state index in [0.29, 0.717) is 16.9 Å². The van der Waals surface area contributed by atoms with Crippen LogP contribution in [-0.4, -0.2) is 52.4 Å². The standard InChI is InChI=1S/C20H16N8O5S2/c1-34-27-18(26-33-34)13-4-12(6-21-7-13)9-28-10-23-16-8-22-15(5-14(16)20(28)30)19(29)24-11-35(31)17-2-3-25-32-17/h2-8,10H,1,9,11H2,(H,24,29)(H,26,27). The molecule has 1 aliphatic rings. The average Bonchev–Trinajstić information content (AvgIpc) is 3.56. The molecule has 178 valence electrons. The van der Waals surface area contributed by atoms with Gasteiger partial charge in [-0.3, -0.25) is 19.1 Å². The fraction of sp³-hybridized carbons (Fsp3) is 0.100. The lowest BCUT2D eigenvalue weighted by molar-refractivity contribution is 0.0955. The third kappa shape index (κ3) is 4.91. The molecule has 2 atom stereocenters. The number of hydroxylamine groups is 1. The summed E-state index contributed by atoms with van der Waals surface area (Å²) in [6.45, 7) is 0.187. The molecule has 0 spiro atoms. The van der Waals surface area contributed by atoms with Gasteiger partial charge >= 0.3 is 0 Å². The Bertz CT molecular complexity index is 1570. The number of nitrogens with one attached hydrogen (secondary N) is 2. The zero-order valence-corrected chi connectivity index (χ0v) is 19.4. The molecule has 0 saturated carbocycles. The van der Waals surface area contributed by atoms with Crippen molar-refractivity contribution in [1.82, 2.24) is 35.5 Å². The molecule has 2 unspecified atom stereocenters. The van der Waals surface area contributed by atoms with Crippen molar-refractivity contribution in [3.05, 3.63) is 76.5 Å². The second-order valence-electron chi connectivity index (χ2n) is 7.12. The lowest BCUT2D eigenvalue weighted by Crippen LogP contribution is -2.28. The second-order valence-corrected chi connectivity index (χ2v) is 9.49. The van der Waals surface area contributed by atoms with Gasteiger partial charge in [0.05, 0.1) is 47.1 Å². The van der Waals surface area contributed by atoms with Crippen LogP contribution in [-0.2, 0) is 21.6 Å². The van der Waals surface area contributed by atoms with Gasteiger partial charge < -0.3 is 9.84 Å². The zero-order chi connectivity index (χ0) is 24.4.